The summed E-state index contributed by atoms with van der Waals surface area (Å²) < 4.78 is 15.3. The van der Waals surface area contributed by atoms with Gasteiger partial charge in [-0.25, -0.2) is 4.98 Å². The SMILES string of the molecule is COCCOCCOc1ncc(N)cc1Cl. The van der Waals surface area contributed by atoms with Crippen LogP contribution in [0.1, 0.15) is 0 Å². The molecular weight excluding hydrogens is 232 g/mol. The van der Waals surface area contributed by atoms with Crippen LogP contribution < -0.4 is 10.5 Å². The van der Waals surface area contributed by atoms with E-state index in [2.05, 4.69) is 4.98 Å². The molecule has 0 spiro atoms. The third-order valence-electron chi connectivity index (χ3n) is 1.73. The summed E-state index contributed by atoms with van der Waals surface area (Å²) in [7, 11) is 1.62. The van der Waals surface area contributed by atoms with Gasteiger partial charge in [-0.3, -0.25) is 0 Å². The summed E-state index contributed by atoms with van der Waals surface area (Å²) in [6.07, 6.45) is 1.49. The molecule has 0 saturated heterocycles. The molecule has 5 nitrogen and oxygen atoms in total. The number of nitrogen functional groups attached to an aromatic ring is 1. The number of ether oxygens (including phenoxy) is 3. The van der Waals surface area contributed by atoms with E-state index in [0.29, 0.717) is 43.0 Å². The molecule has 0 saturated carbocycles. The van der Waals surface area contributed by atoms with E-state index in [0.717, 1.165) is 0 Å². The molecule has 6 heteroatoms. The first kappa shape index (κ1) is 13.0. The fraction of sp³-hybridized carbons (Fsp3) is 0.500. The van der Waals surface area contributed by atoms with Crippen LogP contribution in [0.15, 0.2) is 12.3 Å². The molecule has 0 amide bonds. The van der Waals surface area contributed by atoms with Gasteiger partial charge in [0.2, 0.25) is 5.88 Å². The monoisotopic (exact) mass is 246 g/mol. The Hall–Kier alpha value is -1.04. The maximum Gasteiger partial charge on any atom is 0.232 e. The minimum atomic E-state index is 0.367. The van der Waals surface area contributed by atoms with Crippen LogP contribution in [-0.4, -0.2) is 38.5 Å². The smallest absolute Gasteiger partial charge is 0.232 e. The minimum Gasteiger partial charge on any atom is -0.474 e. The molecule has 2 N–H and O–H groups in total. The van der Waals surface area contributed by atoms with E-state index in [1.54, 1.807) is 13.2 Å². The number of nitrogens with two attached hydrogens (primary N) is 1. The predicted molar refractivity (Wildman–Crippen MR) is 61.8 cm³/mol. The van der Waals surface area contributed by atoms with Gasteiger partial charge in [0.1, 0.15) is 11.6 Å². The Labute approximate surface area is 99.5 Å². The molecule has 0 aliphatic carbocycles. The van der Waals surface area contributed by atoms with E-state index in [1.165, 1.54) is 6.20 Å². The maximum atomic E-state index is 5.86. The van der Waals surface area contributed by atoms with Gasteiger partial charge in [-0.15, -0.1) is 0 Å². The molecule has 90 valence electrons. The van der Waals surface area contributed by atoms with Crippen molar-refractivity contribution in [2.24, 2.45) is 0 Å². The van der Waals surface area contributed by atoms with E-state index in [-0.39, 0.29) is 0 Å². The van der Waals surface area contributed by atoms with Crippen LogP contribution in [0.2, 0.25) is 5.02 Å². The Bertz CT molecular complexity index is 323. The number of hydrogen-bond acceptors (Lipinski definition) is 5. The summed E-state index contributed by atoms with van der Waals surface area (Å²) in [6.45, 7) is 1.97. The number of halogens is 1. The van der Waals surface area contributed by atoms with Gasteiger partial charge in [-0.05, 0) is 6.07 Å². The Morgan fingerprint density at radius 2 is 2.06 bits per heavy atom. The standard InChI is InChI=1S/C10H15ClN2O3/c1-14-2-3-15-4-5-16-10-9(11)6-8(12)7-13-10/h6-7H,2-5,12H2,1H3. The Kier molecular flexibility index (Phi) is 5.92. The van der Waals surface area contributed by atoms with Gasteiger partial charge in [0.15, 0.2) is 0 Å². The summed E-state index contributed by atoms with van der Waals surface area (Å²) in [4.78, 5) is 3.95. The van der Waals surface area contributed by atoms with Crippen LogP contribution in [0, 0.1) is 0 Å². The summed E-state index contributed by atoms with van der Waals surface area (Å²) in [5, 5.41) is 0.400. The lowest BCUT2D eigenvalue weighted by Crippen LogP contribution is -2.10. The van der Waals surface area contributed by atoms with E-state index in [1.807, 2.05) is 0 Å². The van der Waals surface area contributed by atoms with Gasteiger partial charge >= 0.3 is 0 Å². The topological polar surface area (TPSA) is 66.6 Å². The molecule has 0 unspecified atom stereocenters. The van der Waals surface area contributed by atoms with Crippen molar-refractivity contribution in [1.29, 1.82) is 0 Å². The Morgan fingerprint density at radius 3 is 2.75 bits per heavy atom. The first-order valence-corrected chi connectivity index (χ1v) is 5.22. The highest BCUT2D eigenvalue weighted by atomic mass is 35.5. The van der Waals surface area contributed by atoms with Crippen molar-refractivity contribution < 1.29 is 14.2 Å². The molecule has 0 atom stereocenters. The normalized spacial score (nSPS) is 10.4. The number of rotatable bonds is 7. The van der Waals surface area contributed by atoms with E-state index in [4.69, 9.17) is 31.5 Å². The second-order valence-corrected chi connectivity index (χ2v) is 3.42. The maximum absolute atomic E-state index is 5.86. The predicted octanol–water partition coefficient (Wildman–Crippen LogP) is 1.36. The fourth-order valence-electron chi connectivity index (χ4n) is 0.988. The molecule has 16 heavy (non-hydrogen) atoms. The van der Waals surface area contributed by atoms with Crippen LogP contribution >= 0.6 is 11.6 Å². The van der Waals surface area contributed by atoms with Gasteiger partial charge in [-0.1, -0.05) is 11.6 Å². The van der Waals surface area contributed by atoms with E-state index < -0.39 is 0 Å². The number of methoxy groups -OCH3 is 1. The van der Waals surface area contributed by atoms with Crippen LogP contribution in [-0.2, 0) is 9.47 Å². The number of nitrogens with zero attached hydrogens (tertiary/aromatic N) is 1. The molecule has 1 aromatic rings. The van der Waals surface area contributed by atoms with Gasteiger partial charge in [-0.2, -0.15) is 0 Å². The van der Waals surface area contributed by atoms with Crippen molar-refractivity contribution >= 4 is 17.3 Å². The highest BCUT2D eigenvalue weighted by Gasteiger charge is 2.03. The molecule has 0 bridgehead atoms. The molecule has 0 aromatic carbocycles. The Balaban J connectivity index is 2.21. The molecule has 1 heterocycles. The minimum absolute atomic E-state index is 0.367. The van der Waals surface area contributed by atoms with Crippen LogP contribution in [0.4, 0.5) is 5.69 Å². The third-order valence-corrected chi connectivity index (χ3v) is 2.00. The van der Waals surface area contributed by atoms with Crippen LogP contribution in [0.5, 0.6) is 5.88 Å². The summed E-state index contributed by atoms with van der Waals surface area (Å²) in [5.74, 6) is 0.367. The van der Waals surface area contributed by atoms with Crippen molar-refractivity contribution in [1.82, 2.24) is 4.98 Å². The van der Waals surface area contributed by atoms with Gasteiger partial charge in [0.25, 0.3) is 0 Å². The number of aromatic nitrogens is 1. The first-order valence-electron chi connectivity index (χ1n) is 4.84. The fourth-order valence-corrected chi connectivity index (χ4v) is 1.22. The molecule has 0 aliphatic rings. The lowest BCUT2D eigenvalue weighted by molar-refractivity contribution is 0.0537. The second-order valence-electron chi connectivity index (χ2n) is 3.01. The molecule has 0 aliphatic heterocycles. The zero-order valence-corrected chi connectivity index (χ0v) is 9.87. The van der Waals surface area contributed by atoms with Crippen molar-refractivity contribution in [2.75, 3.05) is 39.3 Å². The van der Waals surface area contributed by atoms with E-state index in [9.17, 15) is 0 Å². The molecular formula is C10H15ClN2O3. The molecule has 1 rings (SSSR count). The lowest BCUT2D eigenvalue weighted by Gasteiger charge is -2.07. The highest BCUT2D eigenvalue weighted by Crippen LogP contribution is 2.22. The quantitative estimate of drug-likeness (QED) is 0.736. The lowest BCUT2D eigenvalue weighted by atomic mass is 10.4. The van der Waals surface area contributed by atoms with Gasteiger partial charge < -0.3 is 19.9 Å². The molecule has 0 fully saturated rings. The summed E-state index contributed by atoms with van der Waals surface area (Å²) >= 11 is 5.86. The number of hydrogen-bond donors (Lipinski definition) is 1. The largest absolute Gasteiger partial charge is 0.474 e. The van der Waals surface area contributed by atoms with Crippen molar-refractivity contribution in [3.8, 4) is 5.88 Å². The Morgan fingerprint density at radius 1 is 1.31 bits per heavy atom. The average Bonchev–Trinajstić information content (AvgIpc) is 2.26. The summed E-state index contributed by atoms with van der Waals surface area (Å²) in [5.41, 5.74) is 6.00. The van der Waals surface area contributed by atoms with Crippen molar-refractivity contribution in [3.05, 3.63) is 17.3 Å². The van der Waals surface area contributed by atoms with Gasteiger partial charge in [0.05, 0.1) is 31.7 Å². The zero-order chi connectivity index (χ0) is 11.8. The molecule has 0 radical (unpaired) electrons. The molecule has 1 aromatic heterocycles. The van der Waals surface area contributed by atoms with Crippen LogP contribution in [0.25, 0.3) is 0 Å². The van der Waals surface area contributed by atoms with E-state index >= 15 is 0 Å². The summed E-state index contributed by atoms with van der Waals surface area (Å²) in [6, 6.07) is 1.59. The third kappa shape index (κ3) is 4.65. The number of anilines is 1. The first-order chi connectivity index (χ1) is 7.74. The zero-order valence-electron chi connectivity index (χ0n) is 9.11. The van der Waals surface area contributed by atoms with Crippen molar-refractivity contribution in [3.63, 3.8) is 0 Å². The van der Waals surface area contributed by atoms with Gasteiger partial charge in [0, 0.05) is 7.11 Å². The number of pyridine rings is 1. The van der Waals surface area contributed by atoms with Crippen molar-refractivity contribution in [2.45, 2.75) is 0 Å². The average molecular weight is 247 g/mol. The highest BCUT2D eigenvalue weighted by molar-refractivity contribution is 6.32. The van der Waals surface area contributed by atoms with Crippen LogP contribution in [0.3, 0.4) is 0 Å². The second kappa shape index (κ2) is 7.27.